The van der Waals surface area contributed by atoms with E-state index in [-0.39, 0.29) is 23.8 Å². The van der Waals surface area contributed by atoms with Crippen molar-refractivity contribution in [3.8, 4) is 5.75 Å². The average Bonchev–Trinajstić information content (AvgIpc) is 2.73. The maximum atomic E-state index is 12.7. The highest BCUT2D eigenvalue weighted by molar-refractivity contribution is 6.06. The molecule has 1 aliphatic heterocycles. The lowest BCUT2D eigenvalue weighted by molar-refractivity contribution is -0.143. The van der Waals surface area contributed by atoms with Crippen LogP contribution >= 0.6 is 0 Å². The molecular weight excluding hydrogens is 360 g/mol. The van der Waals surface area contributed by atoms with Gasteiger partial charge in [0, 0.05) is 43.0 Å². The number of aromatic hydroxyl groups is 1. The third-order valence-corrected chi connectivity index (χ3v) is 4.76. The normalized spacial score (nSPS) is 16.1. The fourth-order valence-electron chi connectivity index (χ4n) is 3.27. The summed E-state index contributed by atoms with van der Waals surface area (Å²) in [6, 6.07) is 8.87. The van der Waals surface area contributed by atoms with E-state index in [1.165, 1.54) is 4.90 Å². The molecular formula is C21H26N2O5. The third-order valence-electron chi connectivity index (χ3n) is 4.76. The molecule has 1 atom stereocenters. The molecule has 7 heteroatoms. The lowest BCUT2D eigenvalue weighted by Crippen LogP contribution is -2.42. The summed E-state index contributed by atoms with van der Waals surface area (Å²) in [5.74, 6) is -1.81. The summed E-state index contributed by atoms with van der Waals surface area (Å²) in [6.07, 6.45) is 2.75. The molecule has 1 unspecified atom stereocenters. The number of carbonyl (C=O) groups is 3. The molecule has 0 aliphatic carbocycles. The highest BCUT2D eigenvalue weighted by Gasteiger charge is 2.30. The molecule has 1 fully saturated rings. The number of phenols is 1. The number of phenolic OH excluding ortho intramolecular Hbond substituents is 1. The summed E-state index contributed by atoms with van der Waals surface area (Å²) in [7, 11) is 1.80. The highest BCUT2D eigenvalue weighted by Crippen LogP contribution is 2.34. The first-order valence-corrected chi connectivity index (χ1v) is 9.32. The molecule has 1 aliphatic rings. The molecule has 150 valence electrons. The minimum Gasteiger partial charge on any atom is -0.506 e. The van der Waals surface area contributed by atoms with E-state index in [1.807, 2.05) is 19.1 Å². The third kappa shape index (κ3) is 4.60. The van der Waals surface area contributed by atoms with E-state index in [0.717, 1.165) is 17.4 Å². The number of nitrogens with zero attached hydrogens (tertiary/aromatic N) is 1. The zero-order valence-corrected chi connectivity index (χ0v) is 16.1. The van der Waals surface area contributed by atoms with Crippen molar-refractivity contribution >= 4 is 34.6 Å². The molecule has 28 heavy (non-hydrogen) atoms. The zero-order chi connectivity index (χ0) is 20.7. The largest absolute Gasteiger partial charge is 0.506 e. The Morgan fingerprint density at radius 3 is 2.57 bits per heavy atom. The Kier molecular flexibility index (Phi) is 7.37. The van der Waals surface area contributed by atoms with E-state index in [2.05, 4.69) is 5.32 Å². The Morgan fingerprint density at radius 2 is 1.96 bits per heavy atom. The lowest BCUT2D eigenvalue weighted by atomic mass is 9.97. The van der Waals surface area contributed by atoms with Crippen LogP contribution in [0.3, 0.4) is 0 Å². The fraction of sp³-hybridized carbons (Fsp3) is 0.381. The molecule has 0 spiro atoms. The number of carboxylic acid groups (broad SMARTS) is 1. The number of rotatable bonds is 4. The van der Waals surface area contributed by atoms with Crippen molar-refractivity contribution in [2.45, 2.75) is 26.2 Å². The Hall–Kier alpha value is -3.09. The second-order valence-corrected chi connectivity index (χ2v) is 6.62. The van der Waals surface area contributed by atoms with E-state index in [9.17, 15) is 19.5 Å². The molecule has 7 nitrogen and oxygen atoms in total. The van der Waals surface area contributed by atoms with Crippen molar-refractivity contribution in [2.24, 2.45) is 5.92 Å². The molecule has 2 aromatic carbocycles. The maximum Gasteiger partial charge on any atom is 0.308 e. The van der Waals surface area contributed by atoms with Gasteiger partial charge < -0.3 is 25.2 Å². The van der Waals surface area contributed by atoms with Gasteiger partial charge in [-0.2, -0.15) is 0 Å². The molecule has 1 saturated heterocycles. The standard InChI is InChI=1S/C18H20N2O4.C3H6O/c1-19-15-6-2-5-13-12(15)7-8-14(16(13)21)17(22)20-9-3-4-11(10-20)18(23)24;1-2-3-4/h2,5-8,11,19,21H,3-4,9-10H2,1H3,(H,23,24);3H,2H2,1H3. The average molecular weight is 386 g/mol. The molecule has 3 rings (SSSR count). The van der Waals surface area contributed by atoms with Crippen molar-refractivity contribution in [1.82, 2.24) is 4.90 Å². The summed E-state index contributed by atoms with van der Waals surface area (Å²) in [4.78, 5) is 34.6. The predicted molar refractivity (Wildman–Crippen MR) is 108 cm³/mol. The number of piperidine rings is 1. The van der Waals surface area contributed by atoms with Crippen LogP contribution in [-0.4, -0.2) is 53.4 Å². The first kappa shape index (κ1) is 21.2. The van der Waals surface area contributed by atoms with Gasteiger partial charge in [-0.3, -0.25) is 9.59 Å². The van der Waals surface area contributed by atoms with Crippen LogP contribution in [0.25, 0.3) is 10.8 Å². The zero-order valence-electron chi connectivity index (χ0n) is 16.1. The number of benzene rings is 2. The SMILES string of the molecule is CCC=O.CNc1cccc2c(O)c(C(=O)N3CCCC(C(=O)O)C3)ccc12. The van der Waals surface area contributed by atoms with Crippen molar-refractivity contribution in [3.05, 3.63) is 35.9 Å². The molecule has 0 radical (unpaired) electrons. The van der Waals surface area contributed by atoms with Crippen molar-refractivity contribution < 1.29 is 24.6 Å². The number of anilines is 1. The van der Waals surface area contributed by atoms with Gasteiger partial charge in [-0.1, -0.05) is 25.1 Å². The van der Waals surface area contributed by atoms with E-state index < -0.39 is 11.9 Å². The molecule has 0 bridgehead atoms. The van der Waals surface area contributed by atoms with Gasteiger partial charge in [0.2, 0.25) is 0 Å². The van der Waals surface area contributed by atoms with Gasteiger partial charge in [-0.15, -0.1) is 0 Å². The predicted octanol–water partition coefficient (Wildman–Crippen LogP) is 3.12. The number of carboxylic acids is 1. The topological polar surface area (TPSA) is 107 Å². The number of hydrogen-bond donors (Lipinski definition) is 3. The van der Waals surface area contributed by atoms with Crippen molar-refractivity contribution in [3.63, 3.8) is 0 Å². The number of aliphatic carboxylic acids is 1. The van der Waals surface area contributed by atoms with E-state index in [1.54, 1.807) is 25.2 Å². The number of likely N-dealkylation sites (tertiary alicyclic amines) is 1. The summed E-state index contributed by atoms with van der Waals surface area (Å²) in [5.41, 5.74) is 1.08. The quantitative estimate of drug-likeness (QED) is 0.697. The van der Waals surface area contributed by atoms with Gasteiger partial charge in [-0.05, 0) is 25.0 Å². The monoisotopic (exact) mass is 386 g/mol. The number of hydrogen-bond acceptors (Lipinski definition) is 5. The Balaban J connectivity index is 0.000000640. The first-order valence-electron chi connectivity index (χ1n) is 9.32. The molecule has 0 saturated carbocycles. The number of fused-ring (bicyclic) bond motifs is 1. The molecule has 1 heterocycles. The van der Waals surface area contributed by atoms with Crippen LogP contribution in [0.1, 0.15) is 36.5 Å². The number of nitrogens with one attached hydrogen (secondary N) is 1. The smallest absolute Gasteiger partial charge is 0.308 e. The summed E-state index contributed by atoms with van der Waals surface area (Å²) in [5, 5.41) is 24.2. The lowest BCUT2D eigenvalue weighted by Gasteiger charge is -2.31. The van der Waals surface area contributed by atoms with Crippen LogP contribution in [0.5, 0.6) is 5.75 Å². The Labute approximate surface area is 164 Å². The van der Waals surface area contributed by atoms with Gasteiger partial charge in [0.15, 0.2) is 0 Å². The van der Waals surface area contributed by atoms with Crippen molar-refractivity contribution in [1.29, 1.82) is 0 Å². The number of aldehydes is 1. The van der Waals surface area contributed by atoms with Crippen LogP contribution in [0.15, 0.2) is 30.3 Å². The summed E-state index contributed by atoms with van der Waals surface area (Å²) >= 11 is 0. The van der Waals surface area contributed by atoms with Gasteiger partial charge in [-0.25, -0.2) is 0 Å². The molecule has 3 N–H and O–H groups in total. The second kappa shape index (κ2) is 9.73. The molecule has 0 aromatic heterocycles. The molecule has 1 amide bonds. The van der Waals surface area contributed by atoms with Crippen LogP contribution in [0.2, 0.25) is 0 Å². The summed E-state index contributed by atoms with van der Waals surface area (Å²) in [6.45, 7) is 2.51. The van der Waals surface area contributed by atoms with E-state index >= 15 is 0 Å². The fourth-order valence-corrected chi connectivity index (χ4v) is 3.27. The summed E-state index contributed by atoms with van der Waals surface area (Å²) < 4.78 is 0. The van der Waals surface area contributed by atoms with Crippen LogP contribution in [0.4, 0.5) is 5.69 Å². The van der Waals surface area contributed by atoms with Crippen LogP contribution in [-0.2, 0) is 9.59 Å². The van der Waals surface area contributed by atoms with Gasteiger partial charge >= 0.3 is 5.97 Å². The number of carbonyl (C=O) groups excluding carboxylic acids is 2. The molecule has 2 aromatic rings. The Bertz CT molecular complexity index is 865. The second-order valence-electron chi connectivity index (χ2n) is 6.62. The minimum absolute atomic E-state index is 0.0629. The van der Waals surface area contributed by atoms with E-state index in [4.69, 9.17) is 5.11 Å². The minimum atomic E-state index is -0.881. The Morgan fingerprint density at radius 1 is 1.25 bits per heavy atom. The van der Waals surface area contributed by atoms with Crippen LogP contribution in [0, 0.1) is 5.92 Å². The number of amides is 1. The van der Waals surface area contributed by atoms with E-state index in [0.29, 0.717) is 31.2 Å². The van der Waals surface area contributed by atoms with Crippen molar-refractivity contribution in [2.75, 3.05) is 25.5 Å². The first-order chi connectivity index (χ1) is 13.4. The maximum absolute atomic E-state index is 12.7. The van der Waals surface area contributed by atoms with Gasteiger partial charge in [0.25, 0.3) is 5.91 Å². The van der Waals surface area contributed by atoms with Crippen LogP contribution < -0.4 is 5.32 Å². The van der Waals surface area contributed by atoms with Gasteiger partial charge in [0.05, 0.1) is 11.5 Å². The van der Waals surface area contributed by atoms with Gasteiger partial charge in [0.1, 0.15) is 12.0 Å². The highest BCUT2D eigenvalue weighted by atomic mass is 16.4.